The van der Waals surface area contributed by atoms with Gasteiger partial charge in [-0.05, 0) is 23.6 Å². The van der Waals surface area contributed by atoms with Gasteiger partial charge in [0.1, 0.15) is 0 Å². The number of carbonyl (C=O) groups is 2. The van der Waals surface area contributed by atoms with Crippen molar-refractivity contribution in [3.63, 3.8) is 0 Å². The molecule has 2 rings (SSSR count). The van der Waals surface area contributed by atoms with E-state index in [4.69, 9.17) is 0 Å². The van der Waals surface area contributed by atoms with Gasteiger partial charge < -0.3 is 10.4 Å². The Morgan fingerprint density at radius 1 is 1.00 bits per heavy atom. The maximum Gasteiger partial charge on any atom is 0.307 e. The first-order valence-corrected chi connectivity index (χ1v) is 7.20. The van der Waals surface area contributed by atoms with Crippen molar-refractivity contribution in [1.29, 1.82) is 0 Å². The number of para-hydroxylation sites is 1. The van der Waals surface area contributed by atoms with Crippen LogP contribution in [-0.4, -0.2) is 17.0 Å². The van der Waals surface area contributed by atoms with Gasteiger partial charge in [-0.2, -0.15) is 0 Å². The van der Waals surface area contributed by atoms with Crippen molar-refractivity contribution in [2.45, 2.75) is 19.3 Å². The zero-order valence-electron chi connectivity index (χ0n) is 12.4. The summed E-state index contributed by atoms with van der Waals surface area (Å²) in [5, 5.41) is 12.2. The number of carboxylic acids is 1. The molecule has 0 aliphatic heterocycles. The van der Waals surface area contributed by atoms with Crippen LogP contribution in [0.15, 0.2) is 60.7 Å². The van der Waals surface area contributed by atoms with E-state index in [0.717, 1.165) is 5.56 Å². The molecular formula is C18H19NO3. The number of rotatable bonds is 6. The topological polar surface area (TPSA) is 66.4 Å². The molecule has 1 amide bonds. The molecule has 2 N–H and O–H groups in total. The zero-order valence-corrected chi connectivity index (χ0v) is 12.4. The summed E-state index contributed by atoms with van der Waals surface area (Å²) in [6, 6.07) is 18.4. The lowest BCUT2D eigenvalue weighted by atomic mass is 9.85. The van der Waals surface area contributed by atoms with Gasteiger partial charge in [-0.15, -0.1) is 0 Å². The lowest BCUT2D eigenvalue weighted by Gasteiger charge is -2.20. The molecule has 4 nitrogen and oxygen atoms in total. The van der Waals surface area contributed by atoms with Crippen molar-refractivity contribution >= 4 is 17.6 Å². The fraction of sp³-hybridized carbons (Fsp3) is 0.222. The summed E-state index contributed by atoms with van der Waals surface area (Å²) in [6.45, 7) is 1.84. The van der Waals surface area contributed by atoms with Gasteiger partial charge >= 0.3 is 5.97 Å². The molecule has 0 radical (unpaired) electrons. The number of hydrogen-bond donors (Lipinski definition) is 2. The summed E-state index contributed by atoms with van der Waals surface area (Å²) in [5.41, 5.74) is 1.59. The molecule has 22 heavy (non-hydrogen) atoms. The Hall–Kier alpha value is -2.62. The third-order valence-corrected chi connectivity index (χ3v) is 3.71. The van der Waals surface area contributed by atoms with Gasteiger partial charge in [0.05, 0.1) is 5.92 Å². The molecule has 2 aromatic rings. The van der Waals surface area contributed by atoms with E-state index in [9.17, 15) is 14.7 Å². The minimum atomic E-state index is -0.959. The van der Waals surface area contributed by atoms with Crippen molar-refractivity contribution in [1.82, 2.24) is 0 Å². The minimum Gasteiger partial charge on any atom is -0.481 e. The van der Waals surface area contributed by atoms with Crippen molar-refractivity contribution < 1.29 is 14.7 Å². The number of carbonyl (C=O) groups excluding carboxylic acids is 1. The molecule has 0 heterocycles. The normalized spacial score (nSPS) is 13.1. The molecule has 0 fully saturated rings. The molecule has 114 valence electrons. The molecule has 0 aromatic heterocycles. The first-order valence-electron chi connectivity index (χ1n) is 7.20. The first kappa shape index (κ1) is 15.8. The van der Waals surface area contributed by atoms with E-state index in [1.54, 1.807) is 12.1 Å². The Bertz CT molecular complexity index is 625. The van der Waals surface area contributed by atoms with Gasteiger partial charge in [-0.1, -0.05) is 55.5 Å². The van der Waals surface area contributed by atoms with E-state index in [2.05, 4.69) is 5.32 Å². The molecule has 4 heteroatoms. The summed E-state index contributed by atoms with van der Waals surface area (Å²) in [4.78, 5) is 23.6. The standard InChI is InChI=1S/C18H19NO3/c1-13(14-8-4-2-5-9-14)16(18(21)22)12-17(20)19-15-10-6-3-7-11-15/h2-11,13,16H,12H2,1H3,(H,19,20)(H,21,22). The van der Waals surface area contributed by atoms with Crippen LogP contribution in [0.3, 0.4) is 0 Å². The van der Waals surface area contributed by atoms with Crippen LogP contribution in [0.5, 0.6) is 0 Å². The predicted octanol–water partition coefficient (Wildman–Crippen LogP) is 3.52. The molecule has 0 bridgehead atoms. The van der Waals surface area contributed by atoms with Crippen LogP contribution in [0.2, 0.25) is 0 Å². The smallest absolute Gasteiger partial charge is 0.307 e. The van der Waals surface area contributed by atoms with Gasteiger partial charge in [0, 0.05) is 12.1 Å². The highest BCUT2D eigenvalue weighted by atomic mass is 16.4. The second kappa shape index (κ2) is 7.41. The van der Waals surface area contributed by atoms with E-state index < -0.39 is 11.9 Å². The van der Waals surface area contributed by atoms with E-state index in [1.807, 2.05) is 55.5 Å². The van der Waals surface area contributed by atoms with Gasteiger partial charge in [-0.25, -0.2) is 0 Å². The molecular weight excluding hydrogens is 278 g/mol. The molecule has 0 aliphatic carbocycles. The van der Waals surface area contributed by atoms with Crippen molar-refractivity contribution in [2.75, 3.05) is 5.32 Å². The van der Waals surface area contributed by atoms with Crippen LogP contribution in [-0.2, 0) is 9.59 Å². The predicted molar refractivity (Wildman–Crippen MR) is 85.7 cm³/mol. The van der Waals surface area contributed by atoms with E-state index >= 15 is 0 Å². The maximum atomic E-state index is 12.1. The number of carboxylic acid groups (broad SMARTS) is 1. The first-order chi connectivity index (χ1) is 10.6. The molecule has 0 spiro atoms. The fourth-order valence-electron chi connectivity index (χ4n) is 2.40. The average Bonchev–Trinajstić information content (AvgIpc) is 2.53. The number of anilines is 1. The average molecular weight is 297 g/mol. The van der Waals surface area contributed by atoms with Crippen LogP contribution in [0, 0.1) is 5.92 Å². The monoisotopic (exact) mass is 297 g/mol. The number of aliphatic carboxylic acids is 1. The Morgan fingerprint density at radius 2 is 1.55 bits per heavy atom. The van der Waals surface area contributed by atoms with Crippen LogP contribution in [0.4, 0.5) is 5.69 Å². The number of hydrogen-bond acceptors (Lipinski definition) is 2. The number of nitrogens with one attached hydrogen (secondary N) is 1. The second-order valence-corrected chi connectivity index (χ2v) is 5.26. The van der Waals surface area contributed by atoms with Crippen LogP contribution in [0.1, 0.15) is 24.8 Å². The molecule has 2 atom stereocenters. The van der Waals surface area contributed by atoms with E-state index in [-0.39, 0.29) is 18.2 Å². The van der Waals surface area contributed by atoms with E-state index in [0.29, 0.717) is 5.69 Å². The quantitative estimate of drug-likeness (QED) is 0.857. The number of benzene rings is 2. The second-order valence-electron chi connectivity index (χ2n) is 5.26. The minimum absolute atomic E-state index is 0.0553. The van der Waals surface area contributed by atoms with E-state index in [1.165, 1.54) is 0 Å². The van der Waals surface area contributed by atoms with Gasteiger partial charge in [-0.3, -0.25) is 9.59 Å². The highest BCUT2D eigenvalue weighted by Gasteiger charge is 2.28. The molecule has 0 saturated heterocycles. The highest BCUT2D eigenvalue weighted by molar-refractivity contribution is 5.93. The van der Waals surface area contributed by atoms with Crippen molar-refractivity contribution in [3.8, 4) is 0 Å². The number of amides is 1. The van der Waals surface area contributed by atoms with Crippen molar-refractivity contribution in [2.24, 2.45) is 5.92 Å². The SMILES string of the molecule is CC(c1ccccc1)C(CC(=O)Nc1ccccc1)C(=O)O. The third kappa shape index (κ3) is 4.19. The summed E-state index contributed by atoms with van der Waals surface area (Å²) in [6.07, 6.45) is -0.0553. The Morgan fingerprint density at radius 3 is 2.09 bits per heavy atom. The highest BCUT2D eigenvalue weighted by Crippen LogP contribution is 2.27. The summed E-state index contributed by atoms with van der Waals surface area (Å²) >= 11 is 0. The van der Waals surface area contributed by atoms with Crippen LogP contribution >= 0.6 is 0 Å². The Labute approximate surface area is 129 Å². The molecule has 2 unspecified atom stereocenters. The summed E-state index contributed by atoms with van der Waals surface area (Å²) in [5.74, 6) is -2.24. The van der Waals surface area contributed by atoms with Gasteiger partial charge in [0.25, 0.3) is 0 Å². The molecule has 2 aromatic carbocycles. The molecule has 0 aliphatic rings. The summed E-state index contributed by atoms with van der Waals surface area (Å²) < 4.78 is 0. The maximum absolute atomic E-state index is 12.1. The molecule has 0 saturated carbocycles. The largest absolute Gasteiger partial charge is 0.481 e. The van der Waals surface area contributed by atoms with Crippen LogP contribution in [0.25, 0.3) is 0 Å². The Kier molecular flexibility index (Phi) is 5.31. The van der Waals surface area contributed by atoms with Crippen LogP contribution < -0.4 is 5.32 Å². The Balaban J connectivity index is 2.06. The third-order valence-electron chi connectivity index (χ3n) is 3.71. The van der Waals surface area contributed by atoms with Gasteiger partial charge in [0.15, 0.2) is 0 Å². The summed E-state index contributed by atoms with van der Waals surface area (Å²) in [7, 11) is 0. The lowest BCUT2D eigenvalue weighted by molar-refractivity contribution is -0.144. The zero-order chi connectivity index (χ0) is 15.9. The van der Waals surface area contributed by atoms with Gasteiger partial charge in [0.2, 0.25) is 5.91 Å². The lowest BCUT2D eigenvalue weighted by Crippen LogP contribution is -2.26. The fourth-order valence-corrected chi connectivity index (χ4v) is 2.40. The van der Waals surface area contributed by atoms with Crippen molar-refractivity contribution in [3.05, 3.63) is 66.2 Å².